The molecule has 0 aliphatic carbocycles. The van der Waals surface area contributed by atoms with Crippen molar-refractivity contribution in [2.24, 2.45) is 0 Å². The van der Waals surface area contributed by atoms with Gasteiger partial charge < -0.3 is 0 Å². The van der Waals surface area contributed by atoms with Gasteiger partial charge in [0, 0.05) is 4.47 Å². The second-order valence-electron chi connectivity index (χ2n) is 3.48. The number of benzene rings is 1. The van der Waals surface area contributed by atoms with Crippen molar-refractivity contribution in [3.63, 3.8) is 0 Å². The van der Waals surface area contributed by atoms with E-state index < -0.39 is 3.92 Å². The van der Waals surface area contributed by atoms with E-state index in [1.54, 1.807) is 12.1 Å². The zero-order valence-electron chi connectivity index (χ0n) is 9.18. The summed E-state index contributed by atoms with van der Waals surface area (Å²) in [6.45, 7) is 0. The molecule has 0 saturated carbocycles. The van der Waals surface area contributed by atoms with E-state index in [1.165, 1.54) is 10.9 Å². The minimum Gasteiger partial charge on any atom is -0.222 e. The highest BCUT2D eigenvalue weighted by Crippen LogP contribution is 2.45. The molecular weight excluding hydrogens is 501 g/mol. The Balaban J connectivity index is 2.50. The Morgan fingerprint density at radius 3 is 2.25 bits per heavy atom. The highest BCUT2D eigenvalue weighted by Gasteiger charge is 2.27. The lowest BCUT2D eigenvalue weighted by Crippen LogP contribution is -1.99. The van der Waals surface area contributed by atoms with Crippen molar-refractivity contribution in [1.82, 2.24) is 9.78 Å². The third-order valence-electron chi connectivity index (χ3n) is 2.10. The van der Waals surface area contributed by atoms with Gasteiger partial charge in [-0.15, -0.1) is 0 Å². The number of nitrogens with zero attached hydrogens (tertiary/aromatic N) is 2. The third-order valence-corrected chi connectivity index (χ3v) is 5.37. The van der Waals surface area contributed by atoms with Crippen LogP contribution in [0.15, 0.2) is 32.3 Å². The quantitative estimate of drug-likeness (QED) is 0.336. The number of aromatic nitrogens is 2. The van der Waals surface area contributed by atoms with Crippen molar-refractivity contribution in [2.75, 3.05) is 0 Å². The number of thioether (sulfide) groups is 1. The van der Waals surface area contributed by atoms with Crippen LogP contribution >= 0.6 is 90.0 Å². The lowest BCUT2D eigenvalue weighted by Gasteiger charge is -2.10. The van der Waals surface area contributed by atoms with Gasteiger partial charge in [-0.2, -0.15) is 9.49 Å². The van der Waals surface area contributed by atoms with Crippen LogP contribution in [0.25, 0.3) is 5.69 Å². The monoisotopic (exact) mass is 500 g/mol. The van der Waals surface area contributed by atoms with Crippen molar-refractivity contribution >= 4 is 90.0 Å². The Morgan fingerprint density at radius 1 is 1.20 bits per heavy atom. The van der Waals surface area contributed by atoms with E-state index in [4.69, 9.17) is 46.4 Å². The summed E-state index contributed by atoms with van der Waals surface area (Å²) in [5, 5.41) is 4.87. The molecule has 1 heterocycles. The maximum absolute atomic E-state index is 13.3. The molecule has 0 bridgehead atoms. The molecule has 20 heavy (non-hydrogen) atoms. The molecule has 0 amide bonds. The summed E-state index contributed by atoms with van der Waals surface area (Å²) < 4.78 is 13.4. The maximum Gasteiger partial charge on any atom is 0.309 e. The average Bonchev–Trinajstić information content (AvgIpc) is 2.58. The summed E-state index contributed by atoms with van der Waals surface area (Å²) in [6.07, 6.45) is 1.41. The van der Waals surface area contributed by atoms with Gasteiger partial charge in [-0.1, -0.05) is 62.3 Å². The fourth-order valence-electron chi connectivity index (χ4n) is 1.40. The minimum atomic E-state index is -2.45. The molecule has 0 N–H and O–H groups in total. The number of alkyl halides is 3. The second-order valence-corrected chi connectivity index (χ2v) is 8.85. The molecule has 1 aromatic carbocycles. The summed E-state index contributed by atoms with van der Waals surface area (Å²) in [6, 6.07) is 3.35. The van der Waals surface area contributed by atoms with Crippen molar-refractivity contribution in [3.05, 3.63) is 37.5 Å². The summed E-state index contributed by atoms with van der Waals surface area (Å²) >= 11 is 30.1. The average molecular weight is 504 g/mol. The van der Waals surface area contributed by atoms with Crippen molar-refractivity contribution in [3.8, 4) is 5.69 Å². The maximum atomic E-state index is 13.3. The van der Waals surface area contributed by atoms with E-state index in [9.17, 15) is 4.39 Å². The van der Waals surface area contributed by atoms with Crippen molar-refractivity contribution in [2.45, 2.75) is 8.81 Å². The number of hydrogen-bond acceptors (Lipinski definition) is 2. The first-order valence-electron chi connectivity index (χ1n) is 4.83. The smallest absolute Gasteiger partial charge is 0.222 e. The highest BCUT2D eigenvalue weighted by molar-refractivity contribution is 9.10. The van der Waals surface area contributed by atoms with Crippen LogP contribution in [-0.2, 0) is 0 Å². The van der Waals surface area contributed by atoms with Crippen molar-refractivity contribution < 1.29 is 4.39 Å². The Hall–Kier alpha value is 0.830. The molecule has 2 rings (SSSR count). The van der Waals surface area contributed by atoms with Crippen LogP contribution in [0.5, 0.6) is 0 Å². The van der Waals surface area contributed by atoms with E-state index in [0.717, 1.165) is 4.47 Å². The Morgan fingerprint density at radius 2 is 1.75 bits per heavy atom. The third kappa shape index (κ3) is 3.97. The molecule has 0 unspecified atom stereocenters. The summed E-state index contributed by atoms with van der Waals surface area (Å²) in [5.74, 6) is 0. The molecule has 0 aliphatic heterocycles. The molecule has 108 valence electrons. The molecule has 0 atom stereocenters. The van der Waals surface area contributed by atoms with Gasteiger partial charge in [0.05, 0.1) is 21.1 Å². The Bertz CT molecular complexity index is 636. The van der Waals surface area contributed by atoms with Crippen LogP contribution in [0.1, 0.15) is 0 Å². The molecular formula is C10H3Br2Cl4FN2S. The van der Waals surface area contributed by atoms with E-state index >= 15 is 0 Å². The van der Waals surface area contributed by atoms with Gasteiger partial charge >= 0.3 is 3.92 Å². The SMILES string of the molecule is FC(Cl)(Cl)Sc1cnn(-c2c(Cl)cc(Br)cc2Cl)c1Br. The van der Waals surface area contributed by atoms with Crippen LogP contribution in [0.3, 0.4) is 0 Å². The first kappa shape index (κ1) is 17.2. The number of rotatable bonds is 3. The van der Waals surface area contributed by atoms with Crippen LogP contribution in [-0.4, -0.2) is 13.7 Å². The molecule has 0 spiro atoms. The topological polar surface area (TPSA) is 17.8 Å². The zero-order valence-corrected chi connectivity index (χ0v) is 16.2. The number of halogens is 7. The van der Waals surface area contributed by atoms with Gasteiger partial charge in [-0.25, -0.2) is 4.68 Å². The summed E-state index contributed by atoms with van der Waals surface area (Å²) in [4.78, 5) is 0.410. The van der Waals surface area contributed by atoms with Gasteiger partial charge in [-0.05, 0) is 39.8 Å². The lowest BCUT2D eigenvalue weighted by atomic mass is 10.3. The molecule has 0 radical (unpaired) electrons. The van der Waals surface area contributed by atoms with Crippen LogP contribution in [0.4, 0.5) is 4.39 Å². The molecule has 1 aromatic heterocycles. The van der Waals surface area contributed by atoms with E-state index in [2.05, 4.69) is 37.0 Å². The lowest BCUT2D eigenvalue weighted by molar-refractivity contribution is 0.515. The first-order chi connectivity index (χ1) is 9.19. The first-order valence-corrected chi connectivity index (χ1v) is 8.74. The molecule has 0 saturated heterocycles. The summed E-state index contributed by atoms with van der Waals surface area (Å²) in [7, 11) is 0. The molecule has 10 heteroatoms. The highest BCUT2D eigenvalue weighted by atomic mass is 79.9. The molecule has 0 aliphatic rings. The van der Waals surface area contributed by atoms with Crippen LogP contribution < -0.4 is 0 Å². The molecule has 2 aromatic rings. The number of hydrogen-bond donors (Lipinski definition) is 0. The predicted molar refractivity (Wildman–Crippen MR) is 90.4 cm³/mol. The summed E-state index contributed by atoms with van der Waals surface area (Å²) in [5.41, 5.74) is 0.462. The van der Waals surface area contributed by atoms with E-state index in [-0.39, 0.29) is 0 Å². The van der Waals surface area contributed by atoms with Gasteiger partial charge in [0.1, 0.15) is 10.3 Å². The standard InChI is InChI=1S/C10H3Br2Cl4FN2S/c11-4-1-5(13)8(6(14)2-4)19-9(12)7(3-18-19)20-10(15,16)17/h1-3H. The van der Waals surface area contributed by atoms with E-state index in [0.29, 0.717) is 37.0 Å². The van der Waals surface area contributed by atoms with E-state index in [1.807, 2.05) is 0 Å². The van der Waals surface area contributed by atoms with Gasteiger partial charge in [0.15, 0.2) is 0 Å². The zero-order chi connectivity index (χ0) is 15.1. The van der Waals surface area contributed by atoms with Gasteiger partial charge in [-0.3, -0.25) is 0 Å². The predicted octanol–water partition coefficient (Wildman–Crippen LogP) is 6.85. The fraction of sp³-hybridized carbons (Fsp3) is 0.100. The van der Waals surface area contributed by atoms with Crippen LogP contribution in [0.2, 0.25) is 10.0 Å². The molecule has 2 nitrogen and oxygen atoms in total. The Kier molecular flexibility index (Phi) is 5.61. The van der Waals surface area contributed by atoms with Crippen molar-refractivity contribution in [1.29, 1.82) is 0 Å². The van der Waals surface area contributed by atoms with Gasteiger partial charge in [0.25, 0.3) is 0 Å². The minimum absolute atomic E-state index is 0.382. The largest absolute Gasteiger partial charge is 0.309 e. The normalized spacial score (nSPS) is 11.9. The van der Waals surface area contributed by atoms with Crippen LogP contribution in [0, 0.1) is 0 Å². The second kappa shape index (κ2) is 6.52. The molecule has 0 fully saturated rings. The fourth-order valence-corrected chi connectivity index (χ4v) is 4.41. The van der Waals surface area contributed by atoms with Gasteiger partial charge in [0.2, 0.25) is 0 Å². The Labute approximate surface area is 155 Å².